The lowest BCUT2D eigenvalue weighted by Gasteiger charge is -2.37. The van der Waals surface area contributed by atoms with Crippen molar-refractivity contribution in [3.8, 4) is 0 Å². The topological polar surface area (TPSA) is 107 Å². The van der Waals surface area contributed by atoms with Gasteiger partial charge in [0.2, 0.25) is 5.95 Å². The van der Waals surface area contributed by atoms with E-state index in [2.05, 4.69) is 29.7 Å². The molecule has 1 aliphatic heterocycles. The molecule has 4 N–H and O–H groups in total. The summed E-state index contributed by atoms with van der Waals surface area (Å²) in [4.78, 5) is 20.1. The van der Waals surface area contributed by atoms with E-state index < -0.39 is 5.60 Å². The molecule has 21 heavy (non-hydrogen) atoms. The first-order chi connectivity index (χ1) is 9.92. The highest BCUT2D eigenvalue weighted by Crippen LogP contribution is 2.23. The molecule has 1 aliphatic rings. The molecule has 2 aromatic heterocycles. The highest BCUT2D eigenvalue weighted by molar-refractivity contribution is 5.84. The Bertz CT molecular complexity index is 625. The predicted molar refractivity (Wildman–Crippen MR) is 81.0 cm³/mol. The van der Waals surface area contributed by atoms with Gasteiger partial charge in [-0.05, 0) is 13.8 Å². The number of aliphatic hydroxyl groups is 1. The maximum absolute atomic E-state index is 9.90. The number of hydrogen-bond acceptors (Lipinski definition) is 7. The van der Waals surface area contributed by atoms with Crippen LogP contribution in [-0.2, 0) is 0 Å². The summed E-state index contributed by atoms with van der Waals surface area (Å²) in [7, 11) is 0. The zero-order chi connectivity index (χ0) is 15.0. The Morgan fingerprint density at radius 2 is 2.00 bits per heavy atom. The Hall–Kier alpha value is -1.93. The van der Waals surface area contributed by atoms with E-state index >= 15 is 0 Å². The number of imidazole rings is 1. The van der Waals surface area contributed by atoms with E-state index in [0.29, 0.717) is 12.2 Å². The highest BCUT2D eigenvalue weighted by Gasteiger charge is 2.24. The Morgan fingerprint density at radius 3 is 2.67 bits per heavy atom. The predicted octanol–water partition coefficient (Wildman–Crippen LogP) is -0.172. The van der Waals surface area contributed by atoms with Crippen molar-refractivity contribution in [2.75, 3.05) is 43.4 Å². The summed E-state index contributed by atoms with van der Waals surface area (Å²) in [6.07, 6.45) is 1.60. The van der Waals surface area contributed by atoms with Gasteiger partial charge in [0.1, 0.15) is 5.52 Å². The standard InChI is InChI=1S/C13H21N7O/c1-13(2,21)7-19-3-5-20(6-4-19)11-9-10(16-8-15-9)17-12(14)18-11/h8,21H,3-7H2,1-2H3,(H3,14,15,16,17,18). The van der Waals surface area contributed by atoms with Gasteiger partial charge < -0.3 is 20.7 Å². The summed E-state index contributed by atoms with van der Waals surface area (Å²) in [5, 5.41) is 9.90. The number of piperazine rings is 1. The number of H-pyrrole nitrogens is 1. The van der Waals surface area contributed by atoms with Crippen molar-refractivity contribution < 1.29 is 5.11 Å². The summed E-state index contributed by atoms with van der Waals surface area (Å²) in [5.74, 6) is 1.04. The molecular formula is C13H21N7O. The largest absolute Gasteiger partial charge is 0.389 e. The number of nitrogen functional groups attached to an aromatic ring is 1. The minimum atomic E-state index is -0.668. The maximum Gasteiger partial charge on any atom is 0.224 e. The summed E-state index contributed by atoms with van der Waals surface area (Å²) in [6.45, 7) is 7.76. The van der Waals surface area contributed by atoms with Crippen molar-refractivity contribution in [1.29, 1.82) is 0 Å². The Morgan fingerprint density at radius 1 is 1.29 bits per heavy atom. The fourth-order valence-corrected chi connectivity index (χ4v) is 2.73. The van der Waals surface area contributed by atoms with Gasteiger partial charge in [-0.2, -0.15) is 9.97 Å². The van der Waals surface area contributed by atoms with Crippen LogP contribution < -0.4 is 10.6 Å². The maximum atomic E-state index is 9.90. The molecule has 0 atom stereocenters. The van der Waals surface area contributed by atoms with E-state index in [1.165, 1.54) is 0 Å². The van der Waals surface area contributed by atoms with E-state index in [1.54, 1.807) is 6.33 Å². The molecule has 3 rings (SSSR count). The third-order valence-electron chi connectivity index (χ3n) is 3.57. The van der Waals surface area contributed by atoms with Crippen LogP contribution in [0.4, 0.5) is 11.8 Å². The first kappa shape index (κ1) is 14.0. The molecule has 8 nitrogen and oxygen atoms in total. The van der Waals surface area contributed by atoms with Crippen molar-refractivity contribution >= 4 is 22.9 Å². The molecule has 0 amide bonds. The van der Waals surface area contributed by atoms with Crippen molar-refractivity contribution in [3.63, 3.8) is 0 Å². The van der Waals surface area contributed by atoms with Crippen LogP contribution in [0.25, 0.3) is 11.2 Å². The number of aromatic amines is 1. The molecule has 3 heterocycles. The molecular weight excluding hydrogens is 270 g/mol. The van der Waals surface area contributed by atoms with Crippen molar-refractivity contribution in [2.45, 2.75) is 19.4 Å². The van der Waals surface area contributed by atoms with E-state index in [4.69, 9.17) is 5.73 Å². The second-order valence-corrected chi connectivity index (χ2v) is 6.08. The number of anilines is 2. The Kier molecular flexibility index (Phi) is 3.42. The fraction of sp³-hybridized carbons (Fsp3) is 0.615. The normalized spacial score (nSPS) is 17.6. The number of hydrogen-bond donors (Lipinski definition) is 3. The van der Waals surface area contributed by atoms with Crippen LogP contribution in [0, 0.1) is 0 Å². The molecule has 0 spiro atoms. The van der Waals surface area contributed by atoms with Crippen molar-refractivity contribution in [2.24, 2.45) is 0 Å². The smallest absolute Gasteiger partial charge is 0.224 e. The first-order valence-corrected chi connectivity index (χ1v) is 7.09. The average Bonchev–Trinajstić information content (AvgIpc) is 2.85. The minimum Gasteiger partial charge on any atom is -0.389 e. The number of fused-ring (bicyclic) bond motifs is 1. The van der Waals surface area contributed by atoms with E-state index in [9.17, 15) is 5.11 Å². The van der Waals surface area contributed by atoms with E-state index in [1.807, 2.05) is 13.8 Å². The lowest BCUT2D eigenvalue weighted by atomic mass is 10.1. The zero-order valence-electron chi connectivity index (χ0n) is 12.4. The van der Waals surface area contributed by atoms with Crippen LogP contribution in [0.3, 0.4) is 0 Å². The van der Waals surface area contributed by atoms with Crippen LogP contribution >= 0.6 is 0 Å². The summed E-state index contributed by atoms with van der Waals surface area (Å²) in [6, 6.07) is 0. The third kappa shape index (κ3) is 3.06. The molecule has 0 saturated carbocycles. The second-order valence-electron chi connectivity index (χ2n) is 6.08. The third-order valence-corrected chi connectivity index (χ3v) is 3.57. The van der Waals surface area contributed by atoms with Crippen LogP contribution in [-0.4, -0.2) is 68.3 Å². The van der Waals surface area contributed by atoms with Gasteiger partial charge in [0.25, 0.3) is 0 Å². The van der Waals surface area contributed by atoms with Crippen molar-refractivity contribution in [3.05, 3.63) is 6.33 Å². The van der Waals surface area contributed by atoms with Gasteiger partial charge in [0, 0.05) is 32.7 Å². The van der Waals surface area contributed by atoms with E-state index in [-0.39, 0.29) is 5.95 Å². The molecule has 0 unspecified atom stereocenters. The lowest BCUT2D eigenvalue weighted by Crippen LogP contribution is -2.50. The van der Waals surface area contributed by atoms with Gasteiger partial charge in [-0.25, -0.2) is 4.98 Å². The number of rotatable bonds is 3. The average molecular weight is 291 g/mol. The molecule has 0 radical (unpaired) electrons. The van der Waals surface area contributed by atoms with Crippen molar-refractivity contribution in [1.82, 2.24) is 24.8 Å². The van der Waals surface area contributed by atoms with Gasteiger partial charge in [-0.3, -0.25) is 4.90 Å². The van der Waals surface area contributed by atoms with Crippen LogP contribution in [0.1, 0.15) is 13.8 Å². The van der Waals surface area contributed by atoms with Gasteiger partial charge in [0.05, 0.1) is 11.9 Å². The Balaban J connectivity index is 1.75. The number of nitrogens with two attached hydrogens (primary N) is 1. The molecule has 1 fully saturated rings. The molecule has 0 bridgehead atoms. The first-order valence-electron chi connectivity index (χ1n) is 7.09. The fourth-order valence-electron chi connectivity index (χ4n) is 2.73. The Labute approximate surface area is 123 Å². The van der Waals surface area contributed by atoms with Gasteiger partial charge in [0.15, 0.2) is 11.5 Å². The molecule has 0 aromatic carbocycles. The molecule has 114 valence electrons. The quantitative estimate of drug-likeness (QED) is 0.720. The molecule has 1 saturated heterocycles. The van der Waals surface area contributed by atoms with Crippen LogP contribution in [0.15, 0.2) is 6.33 Å². The summed E-state index contributed by atoms with van der Waals surface area (Å²) < 4.78 is 0. The van der Waals surface area contributed by atoms with Gasteiger partial charge in [-0.15, -0.1) is 0 Å². The SMILES string of the molecule is CC(C)(O)CN1CCN(c2nc(N)nc3nc[nH]c23)CC1. The monoisotopic (exact) mass is 291 g/mol. The van der Waals surface area contributed by atoms with Gasteiger partial charge in [-0.1, -0.05) is 0 Å². The lowest BCUT2D eigenvalue weighted by molar-refractivity contribution is 0.0345. The minimum absolute atomic E-state index is 0.239. The number of aromatic nitrogens is 4. The highest BCUT2D eigenvalue weighted by atomic mass is 16.3. The zero-order valence-corrected chi connectivity index (χ0v) is 12.4. The number of nitrogens with one attached hydrogen (secondary N) is 1. The summed E-state index contributed by atoms with van der Waals surface area (Å²) >= 11 is 0. The van der Waals surface area contributed by atoms with E-state index in [0.717, 1.165) is 37.5 Å². The van der Waals surface area contributed by atoms with Crippen LogP contribution in [0.5, 0.6) is 0 Å². The van der Waals surface area contributed by atoms with Crippen LogP contribution in [0.2, 0.25) is 0 Å². The number of β-amino-alcohol motifs (C(OH)–C–C–N with tert-alkyl or cyclic N) is 1. The molecule has 8 heteroatoms. The number of nitrogens with zero attached hydrogens (tertiary/aromatic N) is 5. The second kappa shape index (κ2) is 5.12. The molecule has 2 aromatic rings. The van der Waals surface area contributed by atoms with Gasteiger partial charge >= 0.3 is 0 Å². The molecule has 0 aliphatic carbocycles. The summed E-state index contributed by atoms with van der Waals surface area (Å²) in [5.41, 5.74) is 6.50.